The molecule has 0 atom stereocenters. The molecule has 0 fully saturated rings. The second-order valence-electron chi connectivity index (χ2n) is 3.65. The minimum Gasteiger partial charge on any atom is -0.481 e. The van der Waals surface area contributed by atoms with Crippen molar-refractivity contribution in [3.63, 3.8) is 0 Å². The first-order valence-corrected chi connectivity index (χ1v) is 6.48. The molecule has 1 aromatic rings. The Morgan fingerprint density at radius 1 is 1.50 bits per heavy atom. The molecule has 1 heterocycles. The summed E-state index contributed by atoms with van der Waals surface area (Å²) in [6, 6.07) is 0. The average molecular weight is 242 g/mol. The minimum absolute atomic E-state index is 0.172. The van der Waals surface area contributed by atoms with E-state index in [1.54, 1.807) is 17.5 Å². The van der Waals surface area contributed by atoms with Gasteiger partial charge in [0.2, 0.25) is 0 Å². The number of rotatable bonds is 8. The summed E-state index contributed by atoms with van der Waals surface area (Å²) >= 11 is 1.56. The largest absolute Gasteiger partial charge is 0.481 e. The lowest BCUT2D eigenvalue weighted by molar-refractivity contribution is -0.136. The van der Waals surface area contributed by atoms with Gasteiger partial charge in [-0.05, 0) is 6.42 Å². The molecule has 0 spiro atoms. The Balaban J connectivity index is 2.45. The summed E-state index contributed by atoms with van der Waals surface area (Å²) in [4.78, 5) is 16.8. The number of carboxylic acid groups (broad SMARTS) is 1. The van der Waals surface area contributed by atoms with Crippen LogP contribution in [0.3, 0.4) is 0 Å². The summed E-state index contributed by atoms with van der Waals surface area (Å²) < 4.78 is 0. The molecule has 0 aliphatic carbocycles. The summed E-state index contributed by atoms with van der Waals surface area (Å²) in [6.07, 6.45) is 5.37. The zero-order chi connectivity index (χ0) is 11.8. The number of aromatic nitrogens is 1. The summed E-state index contributed by atoms with van der Waals surface area (Å²) in [6.45, 7) is 3.60. The van der Waals surface area contributed by atoms with Gasteiger partial charge in [-0.25, -0.2) is 4.98 Å². The molecule has 0 radical (unpaired) electrons. The van der Waals surface area contributed by atoms with Crippen molar-refractivity contribution in [1.29, 1.82) is 0 Å². The van der Waals surface area contributed by atoms with Gasteiger partial charge in [-0.1, -0.05) is 19.8 Å². The maximum Gasteiger partial charge on any atom is 0.305 e. The van der Waals surface area contributed by atoms with Gasteiger partial charge in [0.15, 0.2) is 5.13 Å². The van der Waals surface area contributed by atoms with Crippen molar-refractivity contribution >= 4 is 22.4 Å². The van der Waals surface area contributed by atoms with Crippen LogP contribution in [-0.4, -0.2) is 29.1 Å². The van der Waals surface area contributed by atoms with Crippen LogP contribution in [0.15, 0.2) is 11.6 Å². The SMILES string of the molecule is CCCCCN(CCC(=O)O)c1nccs1. The zero-order valence-corrected chi connectivity index (χ0v) is 10.4. The van der Waals surface area contributed by atoms with Gasteiger partial charge in [0.25, 0.3) is 0 Å². The Labute approximate surface area is 99.9 Å². The van der Waals surface area contributed by atoms with Gasteiger partial charge in [0, 0.05) is 24.7 Å². The molecule has 5 heteroatoms. The summed E-state index contributed by atoms with van der Waals surface area (Å²) in [5, 5.41) is 11.5. The van der Waals surface area contributed by atoms with E-state index in [1.807, 2.05) is 5.38 Å². The average Bonchev–Trinajstić information content (AvgIpc) is 2.76. The first kappa shape index (κ1) is 13.0. The van der Waals surface area contributed by atoms with Crippen LogP contribution in [0.1, 0.15) is 32.6 Å². The third-order valence-electron chi connectivity index (χ3n) is 2.32. The van der Waals surface area contributed by atoms with Gasteiger partial charge in [-0.15, -0.1) is 11.3 Å². The number of aliphatic carboxylic acids is 1. The Morgan fingerprint density at radius 2 is 2.31 bits per heavy atom. The van der Waals surface area contributed by atoms with E-state index in [-0.39, 0.29) is 6.42 Å². The van der Waals surface area contributed by atoms with Gasteiger partial charge in [0.1, 0.15) is 0 Å². The summed E-state index contributed by atoms with van der Waals surface area (Å²) in [5.74, 6) is -0.753. The molecule has 16 heavy (non-hydrogen) atoms. The van der Waals surface area contributed by atoms with Crippen molar-refractivity contribution in [3.8, 4) is 0 Å². The molecule has 90 valence electrons. The summed E-state index contributed by atoms with van der Waals surface area (Å²) in [5.41, 5.74) is 0. The molecule has 1 N–H and O–H groups in total. The molecule has 1 rings (SSSR count). The van der Waals surface area contributed by atoms with Gasteiger partial charge in [-0.2, -0.15) is 0 Å². The number of carboxylic acids is 1. The van der Waals surface area contributed by atoms with Crippen LogP contribution in [0.4, 0.5) is 5.13 Å². The number of thiazole rings is 1. The van der Waals surface area contributed by atoms with Crippen molar-refractivity contribution < 1.29 is 9.90 Å². The number of unbranched alkanes of at least 4 members (excludes halogenated alkanes) is 2. The van der Waals surface area contributed by atoms with Crippen LogP contribution in [0, 0.1) is 0 Å². The predicted molar refractivity (Wildman–Crippen MR) is 66.1 cm³/mol. The highest BCUT2D eigenvalue weighted by Gasteiger charge is 2.10. The number of anilines is 1. The Morgan fingerprint density at radius 3 is 2.88 bits per heavy atom. The Kier molecular flexibility index (Phi) is 5.85. The van der Waals surface area contributed by atoms with E-state index in [0.717, 1.165) is 18.1 Å². The maximum atomic E-state index is 10.6. The van der Waals surface area contributed by atoms with Crippen molar-refractivity contribution in [2.45, 2.75) is 32.6 Å². The molecule has 0 unspecified atom stereocenters. The molecule has 0 saturated carbocycles. The molecule has 0 aliphatic rings. The predicted octanol–water partition coefficient (Wildman–Crippen LogP) is 2.61. The van der Waals surface area contributed by atoms with E-state index in [0.29, 0.717) is 6.54 Å². The minimum atomic E-state index is -0.753. The molecule has 0 amide bonds. The van der Waals surface area contributed by atoms with Gasteiger partial charge >= 0.3 is 5.97 Å². The molecule has 0 aromatic carbocycles. The third kappa shape index (κ3) is 4.61. The fourth-order valence-corrected chi connectivity index (χ4v) is 2.16. The molecular weight excluding hydrogens is 224 g/mol. The van der Waals surface area contributed by atoms with E-state index in [4.69, 9.17) is 5.11 Å². The van der Waals surface area contributed by atoms with Gasteiger partial charge in [-0.3, -0.25) is 4.79 Å². The van der Waals surface area contributed by atoms with Gasteiger partial charge in [0.05, 0.1) is 6.42 Å². The highest BCUT2D eigenvalue weighted by atomic mass is 32.1. The normalized spacial score (nSPS) is 10.3. The van der Waals surface area contributed by atoms with Crippen LogP contribution in [0.5, 0.6) is 0 Å². The van der Waals surface area contributed by atoms with Gasteiger partial charge < -0.3 is 10.0 Å². The van der Waals surface area contributed by atoms with Crippen LogP contribution in [0.2, 0.25) is 0 Å². The van der Waals surface area contributed by atoms with Crippen molar-refractivity contribution in [3.05, 3.63) is 11.6 Å². The lowest BCUT2D eigenvalue weighted by Crippen LogP contribution is -2.27. The number of hydrogen-bond acceptors (Lipinski definition) is 4. The molecular formula is C11H18N2O2S. The van der Waals surface area contributed by atoms with E-state index in [1.165, 1.54) is 12.8 Å². The fourth-order valence-electron chi connectivity index (χ4n) is 1.46. The quantitative estimate of drug-likeness (QED) is 0.712. The first-order valence-electron chi connectivity index (χ1n) is 5.60. The van der Waals surface area contributed by atoms with Crippen molar-refractivity contribution in [2.24, 2.45) is 0 Å². The highest BCUT2D eigenvalue weighted by molar-refractivity contribution is 7.13. The molecule has 0 bridgehead atoms. The molecule has 4 nitrogen and oxygen atoms in total. The van der Waals surface area contributed by atoms with Crippen LogP contribution >= 0.6 is 11.3 Å². The Bertz CT molecular complexity index is 301. The zero-order valence-electron chi connectivity index (χ0n) is 9.56. The lowest BCUT2D eigenvalue weighted by Gasteiger charge is -2.20. The van der Waals surface area contributed by atoms with Crippen molar-refractivity contribution in [2.75, 3.05) is 18.0 Å². The van der Waals surface area contributed by atoms with Crippen LogP contribution in [-0.2, 0) is 4.79 Å². The topological polar surface area (TPSA) is 53.4 Å². The number of nitrogens with zero attached hydrogens (tertiary/aromatic N) is 2. The monoisotopic (exact) mass is 242 g/mol. The number of hydrogen-bond donors (Lipinski definition) is 1. The molecule has 0 saturated heterocycles. The lowest BCUT2D eigenvalue weighted by atomic mass is 10.2. The smallest absolute Gasteiger partial charge is 0.305 e. The van der Waals surface area contributed by atoms with E-state index < -0.39 is 5.97 Å². The highest BCUT2D eigenvalue weighted by Crippen LogP contribution is 2.18. The molecule has 0 aliphatic heterocycles. The fraction of sp³-hybridized carbons (Fsp3) is 0.636. The third-order valence-corrected chi connectivity index (χ3v) is 3.15. The van der Waals surface area contributed by atoms with Crippen molar-refractivity contribution in [1.82, 2.24) is 4.98 Å². The first-order chi connectivity index (χ1) is 7.74. The standard InChI is InChI=1S/C11H18N2O2S/c1-2-3-4-7-13(8-5-10(14)15)11-12-6-9-16-11/h6,9H,2-5,7-8H2,1H3,(H,14,15). The van der Waals surface area contributed by atoms with E-state index >= 15 is 0 Å². The van der Waals surface area contributed by atoms with Crippen LogP contribution < -0.4 is 4.90 Å². The van der Waals surface area contributed by atoms with Crippen LogP contribution in [0.25, 0.3) is 0 Å². The number of carbonyl (C=O) groups is 1. The second-order valence-corrected chi connectivity index (χ2v) is 4.53. The van der Waals surface area contributed by atoms with E-state index in [9.17, 15) is 4.79 Å². The van der Waals surface area contributed by atoms with E-state index in [2.05, 4.69) is 16.8 Å². The molecule has 1 aromatic heterocycles. The maximum absolute atomic E-state index is 10.6. The second kappa shape index (κ2) is 7.22. The summed E-state index contributed by atoms with van der Waals surface area (Å²) in [7, 11) is 0. The Hall–Kier alpha value is -1.10.